The van der Waals surface area contributed by atoms with Crippen LogP contribution < -0.4 is 10.5 Å². The molecule has 8 heteroatoms. The second-order valence-electron chi connectivity index (χ2n) is 6.03. The summed E-state index contributed by atoms with van der Waals surface area (Å²) in [6.07, 6.45) is -0.802. The number of primary amides is 1. The molecule has 2 N–H and O–H groups in total. The summed E-state index contributed by atoms with van der Waals surface area (Å²) in [5.41, 5.74) is 6.44. The van der Waals surface area contributed by atoms with Crippen LogP contribution >= 0.6 is 23.2 Å². The van der Waals surface area contributed by atoms with Crippen LogP contribution in [0.4, 0.5) is 0 Å². The minimum atomic E-state index is -0.802. The molecule has 0 spiro atoms. The van der Waals surface area contributed by atoms with E-state index < -0.39 is 12.0 Å². The molecular weight excluding hydrogens is 391 g/mol. The molecule has 1 heterocycles. The zero-order chi connectivity index (χ0) is 19.4. The summed E-state index contributed by atoms with van der Waals surface area (Å²) >= 11 is 12.1. The van der Waals surface area contributed by atoms with Crippen LogP contribution in [0.5, 0.6) is 5.75 Å². The van der Waals surface area contributed by atoms with E-state index in [1.54, 1.807) is 42.5 Å². The van der Waals surface area contributed by atoms with Crippen molar-refractivity contribution in [1.82, 2.24) is 4.90 Å². The molecule has 142 valence electrons. The Balaban J connectivity index is 1.75. The van der Waals surface area contributed by atoms with Gasteiger partial charge in [0.15, 0.2) is 6.10 Å². The molecular formula is C19H18Cl2N2O4. The van der Waals surface area contributed by atoms with E-state index in [1.165, 1.54) is 4.90 Å². The van der Waals surface area contributed by atoms with Crippen LogP contribution in [0.25, 0.3) is 0 Å². The Labute approximate surface area is 166 Å². The lowest BCUT2D eigenvalue weighted by Crippen LogP contribution is -2.50. The third-order valence-corrected chi connectivity index (χ3v) is 4.77. The predicted molar refractivity (Wildman–Crippen MR) is 102 cm³/mol. The van der Waals surface area contributed by atoms with Crippen LogP contribution in [0.3, 0.4) is 0 Å². The molecule has 0 saturated carbocycles. The van der Waals surface area contributed by atoms with Gasteiger partial charge in [0.25, 0.3) is 5.91 Å². The number of hydrogen-bond donors (Lipinski definition) is 1. The van der Waals surface area contributed by atoms with Gasteiger partial charge in [-0.1, -0.05) is 41.4 Å². The topological polar surface area (TPSA) is 81.9 Å². The number of carbonyl (C=O) groups excluding carboxylic acids is 2. The van der Waals surface area contributed by atoms with E-state index in [2.05, 4.69) is 0 Å². The average Bonchev–Trinajstić information content (AvgIpc) is 2.67. The van der Waals surface area contributed by atoms with Gasteiger partial charge < -0.3 is 20.1 Å². The fourth-order valence-corrected chi connectivity index (χ4v) is 3.20. The third-order valence-electron chi connectivity index (χ3n) is 4.19. The number of rotatable bonds is 5. The number of halogens is 2. The summed E-state index contributed by atoms with van der Waals surface area (Å²) in [7, 11) is 0. The molecule has 3 rings (SSSR count). The van der Waals surface area contributed by atoms with Gasteiger partial charge in [-0.2, -0.15) is 0 Å². The SMILES string of the molecule is NC(=O)[C@@H]1CN(C(=O)c2ccccc2OCc2ccc(Cl)cc2Cl)CCO1. The van der Waals surface area contributed by atoms with Gasteiger partial charge in [0, 0.05) is 22.2 Å². The molecule has 1 saturated heterocycles. The van der Waals surface area contributed by atoms with Crippen LogP contribution in [0.15, 0.2) is 42.5 Å². The molecule has 0 radical (unpaired) electrons. The lowest BCUT2D eigenvalue weighted by atomic mass is 10.1. The Morgan fingerprint density at radius 1 is 1.22 bits per heavy atom. The van der Waals surface area contributed by atoms with E-state index in [1.807, 2.05) is 0 Å². The van der Waals surface area contributed by atoms with Gasteiger partial charge in [-0.05, 0) is 24.3 Å². The molecule has 1 aliphatic rings. The lowest BCUT2D eigenvalue weighted by molar-refractivity contribution is -0.133. The standard InChI is InChI=1S/C19H18Cl2N2O4/c20-13-6-5-12(15(21)9-13)11-27-16-4-2-1-3-14(16)19(25)23-7-8-26-17(10-23)18(22)24/h1-6,9,17H,7-8,10-11H2,(H2,22,24)/t17-/m0/s1. The van der Waals surface area contributed by atoms with Gasteiger partial charge in [-0.25, -0.2) is 0 Å². The molecule has 0 aromatic heterocycles. The summed E-state index contributed by atoms with van der Waals surface area (Å²) in [4.78, 5) is 25.8. The van der Waals surface area contributed by atoms with Crippen molar-refractivity contribution >= 4 is 35.0 Å². The van der Waals surface area contributed by atoms with Crippen molar-refractivity contribution in [3.63, 3.8) is 0 Å². The first kappa shape index (κ1) is 19.5. The van der Waals surface area contributed by atoms with E-state index in [-0.39, 0.29) is 25.7 Å². The van der Waals surface area contributed by atoms with Crippen molar-refractivity contribution in [2.24, 2.45) is 5.73 Å². The average molecular weight is 409 g/mol. The number of para-hydroxylation sites is 1. The van der Waals surface area contributed by atoms with Gasteiger partial charge >= 0.3 is 0 Å². The Morgan fingerprint density at radius 2 is 2.00 bits per heavy atom. The molecule has 2 aromatic rings. The molecule has 6 nitrogen and oxygen atoms in total. The van der Waals surface area contributed by atoms with Gasteiger partial charge in [-0.3, -0.25) is 9.59 Å². The summed E-state index contributed by atoms with van der Waals surface area (Å²) in [5, 5.41) is 1.03. The first-order valence-corrected chi connectivity index (χ1v) is 9.07. The Hall–Kier alpha value is -2.28. The smallest absolute Gasteiger partial charge is 0.257 e. The number of amides is 2. The zero-order valence-corrected chi connectivity index (χ0v) is 15.9. The third kappa shape index (κ3) is 4.71. The highest BCUT2D eigenvalue weighted by Gasteiger charge is 2.29. The summed E-state index contributed by atoms with van der Waals surface area (Å²) in [6, 6.07) is 12.0. The van der Waals surface area contributed by atoms with Crippen LogP contribution in [-0.2, 0) is 16.1 Å². The number of nitrogens with zero attached hydrogens (tertiary/aromatic N) is 1. The molecule has 0 bridgehead atoms. The predicted octanol–water partition coefficient (Wildman–Crippen LogP) is 2.90. The first-order chi connectivity index (χ1) is 13.0. The van der Waals surface area contributed by atoms with Crippen molar-refractivity contribution in [2.45, 2.75) is 12.7 Å². The fraction of sp³-hybridized carbons (Fsp3) is 0.263. The second-order valence-corrected chi connectivity index (χ2v) is 6.88. The molecule has 2 aromatic carbocycles. The normalized spacial score (nSPS) is 16.8. The maximum absolute atomic E-state index is 12.9. The van der Waals surface area contributed by atoms with Crippen molar-refractivity contribution < 1.29 is 19.1 Å². The minimum Gasteiger partial charge on any atom is -0.488 e. The number of ether oxygens (including phenoxy) is 2. The second kappa shape index (κ2) is 8.61. The molecule has 1 aliphatic heterocycles. The Morgan fingerprint density at radius 3 is 2.74 bits per heavy atom. The van der Waals surface area contributed by atoms with Crippen molar-refractivity contribution in [3.8, 4) is 5.75 Å². The highest BCUT2D eigenvalue weighted by atomic mass is 35.5. The molecule has 0 unspecified atom stereocenters. The van der Waals surface area contributed by atoms with Crippen LogP contribution in [0, 0.1) is 0 Å². The van der Waals surface area contributed by atoms with Gasteiger partial charge in [-0.15, -0.1) is 0 Å². The number of benzene rings is 2. The number of morpholine rings is 1. The van der Waals surface area contributed by atoms with Crippen LogP contribution in [-0.4, -0.2) is 42.5 Å². The first-order valence-electron chi connectivity index (χ1n) is 8.31. The molecule has 1 fully saturated rings. The van der Waals surface area contributed by atoms with E-state index in [4.69, 9.17) is 38.4 Å². The van der Waals surface area contributed by atoms with Crippen molar-refractivity contribution in [2.75, 3.05) is 19.7 Å². The van der Waals surface area contributed by atoms with Crippen molar-refractivity contribution in [1.29, 1.82) is 0 Å². The highest BCUT2D eigenvalue weighted by Crippen LogP contribution is 2.25. The van der Waals surface area contributed by atoms with Gasteiger partial charge in [0.05, 0.1) is 18.7 Å². The summed E-state index contributed by atoms with van der Waals surface area (Å²) < 4.78 is 11.1. The van der Waals surface area contributed by atoms with Crippen LogP contribution in [0.2, 0.25) is 10.0 Å². The van der Waals surface area contributed by atoms with E-state index >= 15 is 0 Å². The number of nitrogens with two attached hydrogens (primary N) is 1. The monoisotopic (exact) mass is 408 g/mol. The largest absolute Gasteiger partial charge is 0.488 e. The maximum Gasteiger partial charge on any atom is 0.257 e. The molecule has 27 heavy (non-hydrogen) atoms. The number of carbonyl (C=O) groups is 2. The van der Waals surface area contributed by atoms with Crippen molar-refractivity contribution in [3.05, 3.63) is 63.6 Å². The molecule has 1 atom stereocenters. The zero-order valence-electron chi connectivity index (χ0n) is 14.4. The van der Waals surface area contributed by atoms with Gasteiger partial charge in [0.1, 0.15) is 12.4 Å². The Bertz CT molecular complexity index is 859. The Kier molecular flexibility index (Phi) is 6.21. The van der Waals surface area contributed by atoms with Crippen LogP contribution in [0.1, 0.15) is 15.9 Å². The lowest BCUT2D eigenvalue weighted by Gasteiger charge is -2.31. The van der Waals surface area contributed by atoms with E-state index in [0.717, 1.165) is 5.56 Å². The highest BCUT2D eigenvalue weighted by molar-refractivity contribution is 6.35. The van der Waals surface area contributed by atoms with E-state index in [0.29, 0.717) is 27.9 Å². The summed E-state index contributed by atoms with van der Waals surface area (Å²) in [5.74, 6) is -0.410. The summed E-state index contributed by atoms with van der Waals surface area (Å²) in [6.45, 7) is 0.932. The fourth-order valence-electron chi connectivity index (χ4n) is 2.74. The van der Waals surface area contributed by atoms with E-state index in [9.17, 15) is 9.59 Å². The quantitative estimate of drug-likeness (QED) is 0.824. The molecule has 0 aliphatic carbocycles. The maximum atomic E-state index is 12.9. The molecule has 2 amide bonds. The van der Waals surface area contributed by atoms with Gasteiger partial charge in [0.2, 0.25) is 5.91 Å². The minimum absolute atomic E-state index is 0.117. The number of hydrogen-bond acceptors (Lipinski definition) is 4.